The van der Waals surface area contributed by atoms with Crippen LogP contribution in [0.3, 0.4) is 0 Å². The van der Waals surface area contributed by atoms with Gasteiger partial charge in [-0.05, 0) is 13.2 Å². The van der Waals surface area contributed by atoms with Crippen molar-refractivity contribution < 1.29 is 0 Å². The summed E-state index contributed by atoms with van der Waals surface area (Å²) in [7, 11) is 1.86. The summed E-state index contributed by atoms with van der Waals surface area (Å²) in [6.07, 6.45) is 5.32. The molecule has 0 spiro atoms. The molecule has 0 bridgehead atoms. The van der Waals surface area contributed by atoms with Crippen LogP contribution >= 0.6 is 11.8 Å². The standard InChI is InChI=1S/C8H12N6S/c1-6(7-13-11-5-14(7)2)12-8(15-3)10-4-9/h5-6H,1-3H3,(H,10,12). The van der Waals surface area contributed by atoms with Crippen molar-refractivity contribution in [2.45, 2.75) is 13.0 Å². The molecule has 0 aliphatic heterocycles. The van der Waals surface area contributed by atoms with Gasteiger partial charge in [0.15, 0.2) is 17.2 Å². The van der Waals surface area contributed by atoms with Crippen LogP contribution in [0.25, 0.3) is 0 Å². The summed E-state index contributed by atoms with van der Waals surface area (Å²) >= 11 is 1.38. The number of aryl methyl sites for hydroxylation is 1. The maximum Gasteiger partial charge on any atom is 0.183 e. The number of rotatable bonds is 2. The van der Waals surface area contributed by atoms with E-state index in [4.69, 9.17) is 5.26 Å². The number of hydrogen-bond acceptors (Lipinski definition) is 5. The van der Waals surface area contributed by atoms with E-state index in [2.05, 4.69) is 20.5 Å². The molecule has 0 amide bonds. The Kier molecular flexibility index (Phi) is 4.12. The van der Waals surface area contributed by atoms with Gasteiger partial charge < -0.3 is 4.57 Å². The SMILES string of the molecule is CSC(=NC(C)c1nncn1C)NC#N. The molecule has 1 unspecified atom stereocenters. The van der Waals surface area contributed by atoms with Crippen molar-refractivity contribution in [3.63, 3.8) is 0 Å². The number of hydrogen-bond donors (Lipinski definition) is 1. The van der Waals surface area contributed by atoms with Crippen molar-refractivity contribution in [3.05, 3.63) is 12.2 Å². The first-order valence-electron chi connectivity index (χ1n) is 4.29. The number of nitriles is 1. The zero-order chi connectivity index (χ0) is 11.3. The minimum absolute atomic E-state index is 0.124. The van der Waals surface area contributed by atoms with Gasteiger partial charge in [-0.15, -0.1) is 10.2 Å². The largest absolute Gasteiger partial charge is 0.319 e. The van der Waals surface area contributed by atoms with E-state index in [0.717, 1.165) is 5.82 Å². The molecule has 1 rings (SSSR count). The number of nitrogens with zero attached hydrogens (tertiary/aromatic N) is 5. The van der Waals surface area contributed by atoms with E-state index in [-0.39, 0.29) is 6.04 Å². The molecule has 0 saturated heterocycles. The average molecular weight is 224 g/mol. The Morgan fingerprint density at radius 3 is 3.00 bits per heavy atom. The molecular formula is C8H12N6S. The maximum absolute atomic E-state index is 8.48. The molecule has 80 valence electrons. The molecule has 7 heteroatoms. The molecule has 0 fully saturated rings. The monoisotopic (exact) mass is 224 g/mol. The minimum atomic E-state index is -0.124. The third-order valence-corrected chi connectivity index (χ3v) is 2.38. The Bertz CT molecular complexity index is 390. The highest BCUT2D eigenvalue weighted by atomic mass is 32.2. The highest BCUT2D eigenvalue weighted by Gasteiger charge is 2.10. The van der Waals surface area contributed by atoms with Crippen LogP contribution in [-0.2, 0) is 7.05 Å². The van der Waals surface area contributed by atoms with Crippen molar-refractivity contribution in [2.24, 2.45) is 12.0 Å². The Morgan fingerprint density at radius 2 is 2.53 bits per heavy atom. The highest BCUT2D eigenvalue weighted by Crippen LogP contribution is 2.14. The van der Waals surface area contributed by atoms with Gasteiger partial charge in [-0.25, -0.2) is 0 Å². The van der Waals surface area contributed by atoms with Crippen LogP contribution in [-0.4, -0.2) is 26.2 Å². The molecule has 1 atom stereocenters. The van der Waals surface area contributed by atoms with Crippen molar-refractivity contribution in [3.8, 4) is 6.19 Å². The topological polar surface area (TPSA) is 78.9 Å². The van der Waals surface area contributed by atoms with E-state index in [1.165, 1.54) is 11.8 Å². The van der Waals surface area contributed by atoms with Crippen LogP contribution in [0.5, 0.6) is 0 Å². The van der Waals surface area contributed by atoms with Crippen LogP contribution < -0.4 is 5.32 Å². The summed E-state index contributed by atoms with van der Waals surface area (Å²) in [6, 6.07) is -0.124. The molecule has 6 nitrogen and oxygen atoms in total. The molecule has 1 N–H and O–H groups in total. The van der Waals surface area contributed by atoms with Gasteiger partial charge in [0.2, 0.25) is 0 Å². The fourth-order valence-corrected chi connectivity index (χ4v) is 1.50. The van der Waals surface area contributed by atoms with E-state index in [0.29, 0.717) is 5.17 Å². The fraction of sp³-hybridized carbons (Fsp3) is 0.500. The Balaban J connectivity index is 2.82. The Labute approximate surface area is 92.4 Å². The lowest BCUT2D eigenvalue weighted by Crippen LogP contribution is -2.15. The summed E-state index contributed by atoms with van der Waals surface area (Å²) in [5, 5.41) is 19.3. The van der Waals surface area contributed by atoms with Gasteiger partial charge >= 0.3 is 0 Å². The summed E-state index contributed by atoms with van der Waals surface area (Å²) in [5.41, 5.74) is 0. The molecule has 1 aromatic rings. The molecule has 0 aliphatic rings. The molecule has 0 aromatic carbocycles. The van der Waals surface area contributed by atoms with Gasteiger partial charge in [0.1, 0.15) is 12.4 Å². The van der Waals surface area contributed by atoms with Crippen molar-refractivity contribution >= 4 is 16.9 Å². The van der Waals surface area contributed by atoms with Gasteiger partial charge in [-0.1, -0.05) is 11.8 Å². The van der Waals surface area contributed by atoms with Crippen LogP contribution in [0.4, 0.5) is 0 Å². The van der Waals surface area contributed by atoms with E-state index in [1.54, 1.807) is 10.9 Å². The first-order chi connectivity index (χ1) is 7.19. The summed E-state index contributed by atoms with van der Waals surface area (Å²) in [6.45, 7) is 1.90. The number of aromatic nitrogens is 3. The molecule has 0 aliphatic carbocycles. The molecule has 1 heterocycles. The van der Waals surface area contributed by atoms with Crippen molar-refractivity contribution in [1.82, 2.24) is 20.1 Å². The van der Waals surface area contributed by atoms with Gasteiger partial charge in [-0.3, -0.25) is 10.3 Å². The first-order valence-corrected chi connectivity index (χ1v) is 5.52. The van der Waals surface area contributed by atoms with Crippen molar-refractivity contribution in [1.29, 1.82) is 5.26 Å². The number of amidine groups is 1. The van der Waals surface area contributed by atoms with E-state index in [9.17, 15) is 0 Å². The van der Waals surface area contributed by atoms with Gasteiger partial charge in [-0.2, -0.15) is 5.26 Å². The number of aliphatic imine (C=N–C) groups is 1. The quantitative estimate of drug-likeness (QED) is 0.345. The second-order valence-electron chi connectivity index (χ2n) is 2.85. The first kappa shape index (κ1) is 11.5. The van der Waals surface area contributed by atoms with Crippen molar-refractivity contribution in [2.75, 3.05) is 6.26 Å². The third-order valence-electron chi connectivity index (χ3n) is 1.79. The molecular weight excluding hydrogens is 212 g/mol. The van der Waals surface area contributed by atoms with Gasteiger partial charge in [0.05, 0.1) is 0 Å². The lowest BCUT2D eigenvalue weighted by atomic mass is 10.3. The lowest BCUT2D eigenvalue weighted by molar-refractivity contribution is 0.685. The van der Waals surface area contributed by atoms with E-state index < -0.39 is 0 Å². The van der Waals surface area contributed by atoms with Gasteiger partial charge in [0, 0.05) is 7.05 Å². The Morgan fingerprint density at radius 1 is 1.80 bits per heavy atom. The van der Waals surface area contributed by atoms with Crippen LogP contribution in [0.1, 0.15) is 18.8 Å². The smallest absolute Gasteiger partial charge is 0.183 e. The maximum atomic E-state index is 8.48. The van der Waals surface area contributed by atoms with E-state index >= 15 is 0 Å². The molecule has 15 heavy (non-hydrogen) atoms. The number of nitrogens with one attached hydrogen (secondary N) is 1. The molecule has 0 saturated carbocycles. The summed E-state index contributed by atoms with van der Waals surface area (Å²) < 4.78 is 1.80. The van der Waals surface area contributed by atoms with E-state index in [1.807, 2.05) is 26.4 Å². The normalized spacial score (nSPS) is 13.3. The molecule has 0 radical (unpaired) electrons. The second-order valence-corrected chi connectivity index (χ2v) is 3.65. The summed E-state index contributed by atoms with van der Waals surface area (Å²) in [5.74, 6) is 0.765. The summed E-state index contributed by atoms with van der Waals surface area (Å²) in [4.78, 5) is 4.31. The van der Waals surface area contributed by atoms with Gasteiger partial charge in [0.25, 0.3) is 0 Å². The van der Waals surface area contributed by atoms with Crippen LogP contribution in [0.2, 0.25) is 0 Å². The molecule has 1 aromatic heterocycles. The predicted octanol–water partition coefficient (Wildman–Crippen LogP) is 0.666. The number of thioether (sulfide) groups is 1. The van der Waals surface area contributed by atoms with Crippen LogP contribution in [0.15, 0.2) is 11.3 Å². The Hall–Kier alpha value is -1.55. The second kappa shape index (κ2) is 5.36. The zero-order valence-electron chi connectivity index (χ0n) is 8.80. The zero-order valence-corrected chi connectivity index (χ0v) is 9.62. The fourth-order valence-electron chi connectivity index (χ4n) is 1.09. The average Bonchev–Trinajstić information content (AvgIpc) is 2.63. The highest BCUT2D eigenvalue weighted by molar-refractivity contribution is 8.13. The predicted molar refractivity (Wildman–Crippen MR) is 59.1 cm³/mol. The van der Waals surface area contributed by atoms with Crippen LogP contribution in [0, 0.1) is 11.5 Å². The minimum Gasteiger partial charge on any atom is -0.319 e. The lowest BCUT2D eigenvalue weighted by Gasteiger charge is -2.07. The third kappa shape index (κ3) is 2.95.